The molecule has 1 saturated carbocycles. The van der Waals surface area contributed by atoms with E-state index in [4.69, 9.17) is 4.74 Å². The van der Waals surface area contributed by atoms with Crippen LogP contribution in [0.2, 0.25) is 0 Å². The highest BCUT2D eigenvalue weighted by atomic mass is 19.4. The topological polar surface area (TPSA) is 71.8 Å². The van der Waals surface area contributed by atoms with Gasteiger partial charge in [0.25, 0.3) is 5.88 Å². The van der Waals surface area contributed by atoms with Crippen LogP contribution < -0.4 is 10.1 Å². The molecule has 1 aliphatic rings. The van der Waals surface area contributed by atoms with Crippen LogP contribution in [-0.2, 0) is 0 Å². The summed E-state index contributed by atoms with van der Waals surface area (Å²) in [5, 5.41) is 2.24. The van der Waals surface area contributed by atoms with Gasteiger partial charge in [0.15, 0.2) is 5.65 Å². The second-order valence-electron chi connectivity index (χ2n) is 8.95. The highest BCUT2D eigenvalue weighted by molar-refractivity contribution is 5.75. The van der Waals surface area contributed by atoms with E-state index in [1.807, 2.05) is 41.8 Å². The molecule has 1 aromatic carbocycles. The molecule has 35 heavy (non-hydrogen) atoms. The number of nitrogens with zero attached hydrogens (tertiary/aromatic N) is 4. The van der Waals surface area contributed by atoms with E-state index in [1.54, 1.807) is 19.3 Å². The van der Waals surface area contributed by atoms with Gasteiger partial charge in [0.1, 0.15) is 6.04 Å². The van der Waals surface area contributed by atoms with Crippen LogP contribution >= 0.6 is 0 Å². The first kappa shape index (κ1) is 24.8. The van der Waals surface area contributed by atoms with E-state index in [-0.39, 0.29) is 13.0 Å². The number of amides is 2. The Morgan fingerprint density at radius 1 is 1.34 bits per heavy atom. The van der Waals surface area contributed by atoms with Gasteiger partial charge >= 0.3 is 12.2 Å². The number of rotatable bonds is 9. The SMILES string of the molecule is CCN(C(=O)NC(CCC1CC1)C(F)(F)F)[C@H](C)c1cccc(-c2cn3ccnc3c(OC)n2)c1. The first-order valence-corrected chi connectivity index (χ1v) is 11.8. The average Bonchev–Trinajstić information content (AvgIpc) is 3.54. The van der Waals surface area contributed by atoms with Crippen LogP contribution in [0.1, 0.15) is 51.1 Å². The minimum absolute atomic E-state index is 0.0917. The Hall–Kier alpha value is -3.30. The summed E-state index contributed by atoms with van der Waals surface area (Å²) in [7, 11) is 1.52. The summed E-state index contributed by atoms with van der Waals surface area (Å²) < 4.78 is 47.9. The van der Waals surface area contributed by atoms with Crippen LogP contribution in [0.25, 0.3) is 16.9 Å². The van der Waals surface area contributed by atoms with E-state index in [0.717, 1.165) is 24.0 Å². The molecule has 10 heteroatoms. The van der Waals surface area contributed by atoms with Crippen LogP contribution in [0, 0.1) is 5.92 Å². The molecular formula is C25H30F3N5O2. The van der Waals surface area contributed by atoms with E-state index in [2.05, 4.69) is 15.3 Å². The Morgan fingerprint density at radius 2 is 2.11 bits per heavy atom. The molecule has 3 aromatic rings. The standard InChI is InChI=1S/C25H30F3N5O2/c1-4-33(24(34)31-21(25(26,27)28)11-10-17-8-9-17)16(2)18-6-5-7-19(14-18)20-15-32-13-12-29-22(32)23(30-20)35-3/h5-7,12-17,21H,4,8-11H2,1-3H3,(H,31,34)/t16-,21?/m1/s1. The van der Waals surface area contributed by atoms with E-state index in [9.17, 15) is 18.0 Å². The third kappa shape index (κ3) is 5.68. The van der Waals surface area contributed by atoms with E-state index in [0.29, 0.717) is 29.6 Å². The molecule has 4 rings (SSSR count). The lowest BCUT2D eigenvalue weighted by molar-refractivity contribution is -0.155. The van der Waals surface area contributed by atoms with Crippen LogP contribution in [0.5, 0.6) is 5.88 Å². The second kappa shape index (κ2) is 10.1. The minimum Gasteiger partial charge on any atom is -0.478 e. The van der Waals surface area contributed by atoms with Crippen molar-refractivity contribution in [2.75, 3.05) is 13.7 Å². The maximum absolute atomic E-state index is 13.6. The number of benzene rings is 1. The summed E-state index contributed by atoms with van der Waals surface area (Å²) in [5.41, 5.74) is 2.81. The molecule has 1 N–H and O–H groups in total. The smallest absolute Gasteiger partial charge is 0.408 e. The van der Waals surface area contributed by atoms with Gasteiger partial charge in [-0.1, -0.05) is 31.0 Å². The lowest BCUT2D eigenvalue weighted by Gasteiger charge is -2.31. The fourth-order valence-corrected chi connectivity index (χ4v) is 4.27. The summed E-state index contributed by atoms with van der Waals surface area (Å²) in [4.78, 5) is 23.1. The van der Waals surface area contributed by atoms with E-state index >= 15 is 0 Å². The predicted octanol–water partition coefficient (Wildman–Crippen LogP) is 5.62. The second-order valence-corrected chi connectivity index (χ2v) is 8.95. The van der Waals surface area contributed by atoms with Gasteiger partial charge in [0, 0.05) is 30.7 Å². The van der Waals surface area contributed by atoms with Gasteiger partial charge in [-0.25, -0.2) is 14.8 Å². The summed E-state index contributed by atoms with van der Waals surface area (Å²) in [6.45, 7) is 3.83. The highest BCUT2D eigenvalue weighted by Crippen LogP contribution is 2.36. The molecule has 1 aliphatic carbocycles. The maximum Gasteiger partial charge on any atom is 0.408 e. The molecule has 2 amide bonds. The number of ether oxygens (including phenoxy) is 1. The van der Waals surface area contributed by atoms with Gasteiger partial charge in [0.2, 0.25) is 0 Å². The van der Waals surface area contributed by atoms with Crippen molar-refractivity contribution in [3.63, 3.8) is 0 Å². The Labute approximate surface area is 202 Å². The van der Waals surface area contributed by atoms with E-state index < -0.39 is 24.3 Å². The van der Waals surface area contributed by atoms with Crippen LogP contribution in [0.15, 0.2) is 42.9 Å². The Bertz CT molecular complexity index is 1180. The minimum atomic E-state index is -4.48. The van der Waals surface area contributed by atoms with Crippen LogP contribution in [0.3, 0.4) is 0 Å². The Morgan fingerprint density at radius 3 is 2.77 bits per heavy atom. The average molecular weight is 490 g/mol. The number of carbonyl (C=O) groups is 1. The number of carbonyl (C=O) groups excluding carboxylic acids is 1. The third-order valence-electron chi connectivity index (χ3n) is 6.52. The highest BCUT2D eigenvalue weighted by Gasteiger charge is 2.42. The lowest BCUT2D eigenvalue weighted by Crippen LogP contribution is -2.51. The molecule has 2 heterocycles. The molecule has 1 unspecified atom stereocenters. The molecule has 188 valence electrons. The molecule has 2 aromatic heterocycles. The van der Waals surface area contributed by atoms with Crippen molar-refractivity contribution in [3.05, 3.63) is 48.4 Å². The number of imidazole rings is 1. The molecule has 0 saturated heterocycles. The first-order chi connectivity index (χ1) is 16.7. The van der Waals surface area contributed by atoms with Crippen molar-refractivity contribution >= 4 is 11.7 Å². The van der Waals surface area contributed by atoms with Crippen molar-refractivity contribution in [2.45, 2.75) is 57.8 Å². The van der Waals surface area contributed by atoms with Crippen LogP contribution in [0.4, 0.5) is 18.0 Å². The number of alkyl halides is 3. The predicted molar refractivity (Wildman–Crippen MR) is 126 cm³/mol. The van der Waals surface area contributed by atoms with Gasteiger partial charge in [-0.05, 0) is 44.2 Å². The summed E-state index contributed by atoms with van der Waals surface area (Å²) in [5.74, 6) is 0.736. The van der Waals surface area contributed by atoms with E-state index in [1.165, 1.54) is 12.0 Å². The van der Waals surface area contributed by atoms with Gasteiger partial charge in [-0.2, -0.15) is 13.2 Å². The molecule has 1 fully saturated rings. The van der Waals surface area contributed by atoms with Gasteiger partial charge in [0.05, 0.1) is 18.8 Å². The Balaban J connectivity index is 1.54. The zero-order valence-electron chi connectivity index (χ0n) is 20.0. The summed E-state index contributed by atoms with van der Waals surface area (Å²) in [6, 6.07) is 4.45. The molecule has 0 spiro atoms. The van der Waals surface area contributed by atoms with Gasteiger partial charge < -0.3 is 19.4 Å². The summed E-state index contributed by atoms with van der Waals surface area (Å²) in [6.07, 6.45) is 3.12. The largest absolute Gasteiger partial charge is 0.478 e. The van der Waals surface area contributed by atoms with Gasteiger partial charge in [-0.3, -0.25) is 0 Å². The normalized spacial score (nSPS) is 15.6. The quantitative estimate of drug-likeness (QED) is 0.424. The van der Waals surface area contributed by atoms with Crippen LogP contribution in [-0.4, -0.2) is 51.2 Å². The van der Waals surface area contributed by atoms with Crippen molar-refractivity contribution in [2.24, 2.45) is 5.92 Å². The molecule has 0 aliphatic heterocycles. The fraction of sp³-hybridized carbons (Fsp3) is 0.480. The molecule has 0 bridgehead atoms. The number of methoxy groups -OCH3 is 1. The number of halogens is 3. The molecule has 0 radical (unpaired) electrons. The van der Waals surface area contributed by atoms with Crippen molar-refractivity contribution in [1.82, 2.24) is 24.6 Å². The zero-order chi connectivity index (χ0) is 25.2. The number of hydrogen-bond acceptors (Lipinski definition) is 4. The lowest BCUT2D eigenvalue weighted by atomic mass is 10.0. The van der Waals surface area contributed by atoms with Crippen molar-refractivity contribution in [1.29, 1.82) is 0 Å². The zero-order valence-corrected chi connectivity index (χ0v) is 20.0. The fourth-order valence-electron chi connectivity index (χ4n) is 4.27. The third-order valence-corrected chi connectivity index (χ3v) is 6.52. The number of hydrogen-bond donors (Lipinski definition) is 1. The summed E-state index contributed by atoms with van der Waals surface area (Å²) >= 11 is 0. The number of nitrogens with one attached hydrogen (secondary N) is 1. The molecular weight excluding hydrogens is 459 g/mol. The molecule has 2 atom stereocenters. The first-order valence-electron chi connectivity index (χ1n) is 11.8. The van der Waals surface area contributed by atoms with Crippen molar-refractivity contribution < 1.29 is 22.7 Å². The number of fused-ring (bicyclic) bond motifs is 1. The number of aromatic nitrogens is 3. The number of urea groups is 1. The maximum atomic E-state index is 13.6. The Kier molecular flexibility index (Phi) is 7.18. The van der Waals surface area contributed by atoms with Crippen molar-refractivity contribution in [3.8, 4) is 17.1 Å². The molecule has 7 nitrogen and oxygen atoms in total. The monoisotopic (exact) mass is 489 g/mol. The van der Waals surface area contributed by atoms with Gasteiger partial charge in [-0.15, -0.1) is 0 Å².